The highest BCUT2D eigenvalue weighted by molar-refractivity contribution is 6.36. The highest BCUT2D eigenvalue weighted by Crippen LogP contribution is 2.25. The van der Waals surface area contributed by atoms with E-state index in [2.05, 4.69) is 0 Å². The Kier molecular flexibility index (Phi) is 5.59. The van der Waals surface area contributed by atoms with Crippen molar-refractivity contribution in [1.82, 2.24) is 4.90 Å². The Hall–Kier alpha value is -1.77. The SMILES string of the molecule is CC(C)(C(=O)O)N(CCC#N)C(=O)c1ccc(Cl)cc1Cl. The molecule has 0 aliphatic carbocycles. The van der Waals surface area contributed by atoms with Crippen molar-refractivity contribution in [2.75, 3.05) is 6.54 Å². The molecule has 0 aliphatic rings. The van der Waals surface area contributed by atoms with Gasteiger partial charge in [0.05, 0.1) is 23.1 Å². The van der Waals surface area contributed by atoms with Crippen LogP contribution in [0.4, 0.5) is 0 Å². The summed E-state index contributed by atoms with van der Waals surface area (Å²) >= 11 is 11.8. The zero-order valence-electron chi connectivity index (χ0n) is 11.6. The summed E-state index contributed by atoms with van der Waals surface area (Å²) in [6.07, 6.45) is 0.0215. The lowest BCUT2D eigenvalue weighted by Crippen LogP contribution is -2.53. The first-order valence-corrected chi connectivity index (χ1v) is 6.84. The fourth-order valence-electron chi connectivity index (χ4n) is 1.72. The van der Waals surface area contributed by atoms with E-state index >= 15 is 0 Å². The van der Waals surface area contributed by atoms with Gasteiger partial charge in [0.1, 0.15) is 5.54 Å². The molecule has 7 heteroatoms. The number of nitriles is 1. The number of aliphatic carboxylic acids is 1. The zero-order chi connectivity index (χ0) is 16.2. The van der Waals surface area contributed by atoms with Crippen molar-refractivity contribution in [1.29, 1.82) is 5.26 Å². The topological polar surface area (TPSA) is 81.4 Å². The number of rotatable bonds is 5. The summed E-state index contributed by atoms with van der Waals surface area (Å²) in [7, 11) is 0. The fraction of sp³-hybridized carbons (Fsp3) is 0.357. The van der Waals surface area contributed by atoms with Crippen molar-refractivity contribution in [3.8, 4) is 6.07 Å². The van der Waals surface area contributed by atoms with E-state index in [0.29, 0.717) is 5.02 Å². The Morgan fingerprint density at radius 1 is 1.38 bits per heavy atom. The molecule has 1 amide bonds. The van der Waals surface area contributed by atoms with E-state index in [1.54, 1.807) is 0 Å². The lowest BCUT2D eigenvalue weighted by molar-refractivity contribution is -0.147. The van der Waals surface area contributed by atoms with Gasteiger partial charge in [0.2, 0.25) is 0 Å². The molecule has 112 valence electrons. The van der Waals surface area contributed by atoms with Gasteiger partial charge in [-0.15, -0.1) is 0 Å². The van der Waals surface area contributed by atoms with Gasteiger partial charge >= 0.3 is 5.97 Å². The third-order valence-corrected chi connectivity index (χ3v) is 3.60. The maximum Gasteiger partial charge on any atom is 0.329 e. The second kappa shape index (κ2) is 6.79. The Bertz CT molecular complexity index is 609. The van der Waals surface area contributed by atoms with Gasteiger partial charge in [-0.05, 0) is 32.0 Å². The highest BCUT2D eigenvalue weighted by atomic mass is 35.5. The summed E-state index contributed by atoms with van der Waals surface area (Å²) in [5, 5.41) is 18.5. The third-order valence-electron chi connectivity index (χ3n) is 3.05. The molecule has 5 nitrogen and oxygen atoms in total. The number of carbonyl (C=O) groups excluding carboxylic acids is 1. The number of carbonyl (C=O) groups is 2. The summed E-state index contributed by atoms with van der Waals surface area (Å²) in [6, 6.07) is 6.24. The maximum absolute atomic E-state index is 12.6. The van der Waals surface area contributed by atoms with Crippen LogP contribution in [-0.2, 0) is 4.79 Å². The van der Waals surface area contributed by atoms with Crippen LogP contribution in [-0.4, -0.2) is 34.0 Å². The molecule has 0 aromatic heterocycles. The van der Waals surface area contributed by atoms with Gasteiger partial charge in [0.25, 0.3) is 5.91 Å². The van der Waals surface area contributed by atoms with Crippen LogP contribution < -0.4 is 0 Å². The van der Waals surface area contributed by atoms with Crippen LogP contribution >= 0.6 is 23.2 Å². The molecule has 0 aliphatic heterocycles. The van der Waals surface area contributed by atoms with Crippen molar-refractivity contribution < 1.29 is 14.7 Å². The third kappa shape index (κ3) is 3.87. The van der Waals surface area contributed by atoms with Gasteiger partial charge in [0.15, 0.2) is 0 Å². The number of hydrogen-bond donors (Lipinski definition) is 1. The molecule has 0 unspecified atom stereocenters. The Labute approximate surface area is 132 Å². The van der Waals surface area contributed by atoms with Crippen LogP contribution in [0.25, 0.3) is 0 Å². The molecule has 1 aromatic rings. The normalized spacial score (nSPS) is 10.8. The predicted octanol–water partition coefficient (Wildman–Crippen LogP) is 3.21. The Morgan fingerprint density at radius 3 is 2.48 bits per heavy atom. The molecule has 1 rings (SSSR count). The van der Waals surface area contributed by atoms with E-state index in [4.69, 9.17) is 28.5 Å². The van der Waals surface area contributed by atoms with E-state index in [1.165, 1.54) is 32.0 Å². The summed E-state index contributed by atoms with van der Waals surface area (Å²) in [4.78, 5) is 25.0. The minimum Gasteiger partial charge on any atom is -0.480 e. The van der Waals surface area contributed by atoms with E-state index in [1.807, 2.05) is 6.07 Å². The average Bonchev–Trinajstić information content (AvgIpc) is 2.38. The second-order valence-corrected chi connectivity index (χ2v) is 5.70. The summed E-state index contributed by atoms with van der Waals surface area (Å²) in [6.45, 7) is 2.79. The van der Waals surface area contributed by atoms with Crippen LogP contribution in [0.15, 0.2) is 18.2 Å². The molecule has 0 saturated heterocycles. The van der Waals surface area contributed by atoms with Crippen molar-refractivity contribution in [3.05, 3.63) is 33.8 Å². The van der Waals surface area contributed by atoms with Gasteiger partial charge < -0.3 is 10.0 Å². The molecule has 1 aromatic carbocycles. The first kappa shape index (κ1) is 17.3. The smallest absolute Gasteiger partial charge is 0.329 e. The molecule has 1 N–H and O–H groups in total. The predicted molar refractivity (Wildman–Crippen MR) is 79.4 cm³/mol. The van der Waals surface area contributed by atoms with Crippen LogP contribution in [0.3, 0.4) is 0 Å². The number of benzene rings is 1. The zero-order valence-corrected chi connectivity index (χ0v) is 13.1. The standard InChI is InChI=1S/C14H14Cl2N2O3/c1-14(2,13(20)21)18(7-3-6-17)12(19)10-5-4-9(15)8-11(10)16/h4-5,8H,3,7H2,1-2H3,(H,20,21). The molecule has 21 heavy (non-hydrogen) atoms. The monoisotopic (exact) mass is 328 g/mol. The number of carboxylic acids is 1. The van der Waals surface area contributed by atoms with Crippen molar-refractivity contribution in [3.63, 3.8) is 0 Å². The molecule has 0 radical (unpaired) electrons. The molecule has 0 bridgehead atoms. The minimum absolute atomic E-state index is 0.00636. The van der Waals surface area contributed by atoms with Crippen LogP contribution in [0, 0.1) is 11.3 Å². The van der Waals surface area contributed by atoms with Gasteiger partial charge in [-0.1, -0.05) is 23.2 Å². The minimum atomic E-state index is -1.46. The van der Waals surface area contributed by atoms with Gasteiger partial charge in [-0.3, -0.25) is 4.79 Å². The van der Waals surface area contributed by atoms with Crippen molar-refractivity contribution in [2.24, 2.45) is 0 Å². The van der Waals surface area contributed by atoms with E-state index < -0.39 is 17.4 Å². The molecule has 0 atom stereocenters. The lowest BCUT2D eigenvalue weighted by Gasteiger charge is -2.34. The molecule has 0 heterocycles. The summed E-state index contributed by atoms with van der Waals surface area (Å²) < 4.78 is 0. The van der Waals surface area contributed by atoms with Crippen molar-refractivity contribution in [2.45, 2.75) is 25.8 Å². The average molecular weight is 329 g/mol. The van der Waals surface area contributed by atoms with Crippen LogP contribution in [0.1, 0.15) is 30.6 Å². The maximum atomic E-state index is 12.6. The van der Waals surface area contributed by atoms with Crippen LogP contribution in [0.2, 0.25) is 10.0 Å². The van der Waals surface area contributed by atoms with Gasteiger partial charge in [-0.2, -0.15) is 5.26 Å². The molecular weight excluding hydrogens is 315 g/mol. The molecule has 0 spiro atoms. The first-order valence-electron chi connectivity index (χ1n) is 6.09. The first-order chi connectivity index (χ1) is 9.71. The fourth-order valence-corrected chi connectivity index (χ4v) is 2.21. The highest BCUT2D eigenvalue weighted by Gasteiger charge is 2.38. The number of amides is 1. The van der Waals surface area contributed by atoms with Gasteiger partial charge in [0, 0.05) is 11.6 Å². The molecule has 0 saturated carbocycles. The summed E-state index contributed by atoms with van der Waals surface area (Å²) in [5.41, 5.74) is -1.31. The molecular formula is C14H14Cl2N2O3. The quantitative estimate of drug-likeness (QED) is 0.899. The Morgan fingerprint density at radius 2 is 2.00 bits per heavy atom. The van der Waals surface area contributed by atoms with Crippen molar-refractivity contribution >= 4 is 35.1 Å². The van der Waals surface area contributed by atoms with Gasteiger partial charge in [-0.25, -0.2) is 4.79 Å². The van der Waals surface area contributed by atoms with E-state index in [9.17, 15) is 14.7 Å². The Balaban J connectivity index is 3.23. The summed E-state index contributed by atoms with van der Waals surface area (Å²) in [5.74, 6) is -1.72. The largest absolute Gasteiger partial charge is 0.480 e. The number of hydrogen-bond acceptors (Lipinski definition) is 3. The molecule has 0 fully saturated rings. The lowest BCUT2D eigenvalue weighted by atomic mass is 10.0. The number of halogens is 2. The number of carboxylic acid groups (broad SMARTS) is 1. The van der Waals surface area contributed by atoms with Crippen LogP contribution in [0.5, 0.6) is 0 Å². The van der Waals surface area contributed by atoms with E-state index in [0.717, 1.165) is 4.90 Å². The second-order valence-electron chi connectivity index (χ2n) is 4.85. The van der Waals surface area contributed by atoms with E-state index in [-0.39, 0.29) is 23.6 Å². The number of nitrogens with zero attached hydrogens (tertiary/aromatic N) is 2.